The fourth-order valence-electron chi connectivity index (χ4n) is 2.08. The van der Waals surface area contributed by atoms with Gasteiger partial charge in [-0.25, -0.2) is 4.98 Å². The van der Waals surface area contributed by atoms with Gasteiger partial charge in [-0.05, 0) is 26.8 Å². The molecule has 0 atom stereocenters. The van der Waals surface area contributed by atoms with Crippen molar-refractivity contribution < 1.29 is 35.3 Å². The number of aromatic nitrogens is 1. The van der Waals surface area contributed by atoms with E-state index in [-0.39, 0.29) is 22.9 Å². The highest BCUT2D eigenvalue weighted by atomic mass is 32.2. The van der Waals surface area contributed by atoms with Crippen LogP contribution >= 0.6 is 12.0 Å². The van der Waals surface area contributed by atoms with E-state index in [0.29, 0.717) is 0 Å². The lowest BCUT2D eigenvalue weighted by Crippen LogP contribution is -2.23. The van der Waals surface area contributed by atoms with Gasteiger partial charge in [-0.1, -0.05) is 18.2 Å². The highest BCUT2D eigenvalue weighted by molar-refractivity contribution is 7.95. The predicted molar refractivity (Wildman–Crippen MR) is 89.3 cm³/mol. The summed E-state index contributed by atoms with van der Waals surface area (Å²) in [5.74, 6) is -0.492. The largest absolute Gasteiger partial charge is 0.479 e. The number of alkyl halides is 6. The monoisotopic (exact) mass is 411 g/mol. The van der Waals surface area contributed by atoms with Crippen LogP contribution in [0.3, 0.4) is 0 Å². The van der Waals surface area contributed by atoms with Gasteiger partial charge in [0.2, 0.25) is 5.88 Å². The lowest BCUT2D eigenvalue weighted by atomic mass is 10.0. The molecule has 2 rings (SSSR count). The molecule has 148 valence electrons. The van der Waals surface area contributed by atoms with Crippen molar-refractivity contribution in [1.29, 1.82) is 0 Å². The fraction of sp³-hybridized carbons (Fsp3) is 0.353. The van der Waals surface area contributed by atoms with Gasteiger partial charge in [0.25, 0.3) is 0 Å². The van der Waals surface area contributed by atoms with E-state index < -0.39 is 34.9 Å². The third-order valence-electron chi connectivity index (χ3n) is 2.93. The summed E-state index contributed by atoms with van der Waals surface area (Å²) in [5.41, 5.74) is -6.95. The molecule has 27 heavy (non-hydrogen) atoms. The van der Waals surface area contributed by atoms with Crippen molar-refractivity contribution >= 4 is 12.0 Å². The van der Waals surface area contributed by atoms with Crippen LogP contribution in [0.1, 0.15) is 26.3 Å². The third kappa shape index (κ3) is 6.53. The quantitative estimate of drug-likeness (QED) is 0.425. The van der Waals surface area contributed by atoms with E-state index in [0.717, 1.165) is 18.2 Å². The first-order valence-electron chi connectivity index (χ1n) is 7.55. The molecule has 0 aliphatic heterocycles. The second-order valence-corrected chi connectivity index (χ2v) is 7.19. The molecule has 1 aromatic carbocycles. The number of rotatable bonds is 4. The lowest BCUT2D eigenvalue weighted by Gasteiger charge is -2.21. The molecule has 0 aliphatic rings. The maximum Gasteiger partial charge on any atom is 0.479 e. The topological polar surface area (TPSA) is 31.4 Å². The van der Waals surface area contributed by atoms with Crippen LogP contribution in [0.4, 0.5) is 26.3 Å². The minimum absolute atomic E-state index is 0.158. The van der Waals surface area contributed by atoms with Crippen molar-refractivity contribution in [2.45, 2.75) is 38.1 Å². The van der Waals surface area contributed by atoms with Crippen LogP contribution in [0, 0.1) is 0 Å². The summed E-state index contributed by atoms with van der Waals surface area (Å²) in [6.45, 7) is 4.99. The van der Waals surface area contributed by atoms with Gasteiger partial charge in [-0.15, -0.1) is 0 Å². The molecule has 1 heterocycles. The third-order valence-corrected chi connectivity index (χ3v) is 3.39. The number of halogens is 6. The van der Waals surface area contributed by atoms with Gasteiger partial charge in [-0.2, -0.15) is 26.3 Å². The molecule has 0 saturated heterocycles. The van der Waals surface area contributed by atoms with E-state index in [4.69, 9.17) is 4.74 Å². The Kier molecular flexibility index (Phi) is 5.88. The molecule has 0 N–H and O–H groups in total. The molecule has 0 bridgehead atoms. The highest BCUT2D eigenvalue weighted by Gasteiger charge is 2.34. The van der Waals surface area contributed by atoms with Crippen LogP contribution in [0.15, 0.2) is 36.4 Å². The number of hydrogen-bond acceptors (Lipinski definition) is 4. The summed E-state index contributed by atoms with van der Waals surface area (Å²) in [5, 5.41) is 0. The Labute approximate surface area is 155 Å². The minimum atomic E-state index is -4.68. The van der Waals surface area contributed by atoms with Crippen LogP contribution < -0.4 is 8.92 Å². The molecular weight excluding hydrogens is 396 g/mol. The van der Waals surface area contributed by atoms with Gasteiger partial charge in [0.05, 0.1) is 11.3 Å². The molecule has 0 amide bonds. The number of nitrogens with zero attached hydrogens (tertiary/aromatic N) is 1. The first-order valence-corrected chi connectivity index (χ1v) is 8.29. The van der Waals surface area contributed by atoms with E-state index in [1.54, 1.807) is 20.8 Å². The molecule has 2 aromatic rings. The molecule has 0 radical (unpaired) electrons. The lowest BCUT2D eigenvalue weighted by molar-refractivity contribution is -0.137. The van der Waals surface area contributed by atoms with Gasteiger partial charge in [-0.3, -0.25) is 0 Å². The van der Waals surface area contributed by atoms with Crippen molar-refractivity contribution in [3.05, 3.63) is 42.0 Å². The van der Waals surface area contributed by atoms with E-state index in [9.17, 15) is 26.3 Å². The average Bonchev–Trinajstić information content (AvgIpc) is 2.49. The zero-order chi connectivity index (χ0) is 20.5. The van der Waals surface area contributed by atoms with Crippen molar-refractivity contribution in [2.24, 2.45) is 0 Å². The highest BCUT2D eigenvalue weighted by Crippen LogP contribution is 2.39. The molecule has 0 unspecified atom stereocenters. The van der Waals surface area contributed by atoms with Gasteiger partial charge >= 0.3 is 11.7 Å². The Morgan fingerprint density at radius 2 is 1.56 bits per heavy atom. The SMILES string of the molecule is CC(C)(C)Oc1cc(OSC(F)(F)F)cc(-c2ccccc2C(F)(F)F)n1. The van der Waals surface area contributed by atoms with E-state index >= 15 is 0 Å². The summed E-state index contributed by atoms with van der Waals surface area (Å²) in [6.07, 6.45) is -4.67. The van der Waals surface area contributed by atoms with Crippen LogP contribution in [0.25, 0.3) is 11.3 Å². The van der Waals surface area contributed by atoms with Crippen molar-refractivity contribution in [3.8, 4) is 22.9 Å². The molecule has 1 aromatic heterocycles. The van der Waals surface area contributed by atoms with Gasteiger partial charge < -0.3 is 8.92 Å². The van der Waals surface area contributed by atoms with Gasteiger partial charge in [0.1, 0.15) is 11.4 Å². The normalized spacial score (nSPS) is 12.8. The summed E-state index contributed by atoms with van der Waals surface area (Å²) in [6, 6.07) is 6.70. The number of pyridine rings is 1. The summed E-state index contributed by atoms with van der Waals surface area (Å²) < 4.78 is 87.1. The second-order valence-electron chi connectivity index (χ2n) is 6.40. The molecule has 0 saturated carbocycles. The molecular formula is C17H15F6NO2S. The Bertz CT molecular complexity index is 799. The van der Waals surface area contributed by atoms with Crippen LogP contribution in [-0.2, 0) is 6.18 Å². The van der Waals surface area contributed by atoms with Gasteiger partial charge in [0.15, 0.2) is 12.0 Å². The number of hydrogen-bond donors (Lipinski definition) is 0. The molecule has 0 fully saturated rings. The smallest absolute Gasteiger partial charge is 0.472 e. The number of benzene rings is 1. The Morgan fingerprint density at radius 3 is 2.11 bits per heavy atom. The Balaban J connectivity index is 2.54. The predicted octanol–water partition coefficient (Wildman–Crippen LogP) is 6.49. The summed E-state index contributed by atoms with van der Waals surface area (Å²) in [7, 11) is 0. The van der Waals surface area contributed by atoms with Crippen molar-refractivity contribution in [1.82, 2.24) is 4.98 Å². The van der Waals surface area contributed by atoms with Crippen LogP contribution in [0.2, 0.25) is 0 Å². The second kappa shape index (κ2) is 7.49. The first kappa shape index (κ1) is 21.2. The number of ether oxygens (including phenoxy) is 1. The Hall–Kier alpha value is -2.10. The zero-order valence-corrected chi connectivity index (χ0v) is 15.2. The van der Waals surface area contributed by atoms with E-state index in [1.807, 2.05) is 0 Å². The maximum absolute atomic E-state index is 13.3. The molecule has 0 spiro atoms. The van der Waals surface area contributed by atoms with Crippen molar-refractivity contribution in [2.75, 3.05) is 0 Å². The summed E-state index contributed by atoms with van der Waals surface area (Å²) >= 11 is -0.779. The maximum atomic E-state index is 13.3. The molecule has 3 nitrogen and oxygen atoms in total. The summed E-state index contributed by atoms with van der Waals surface area (Å²) in [4.78, 5) is 4.01. The molecule has 10 heteroatoms. The molecule has 0 aliphatic carbocycles. The van der Waals surface area contributed by atoms with Gasteiger partial charge in [0, 0.05) is 17.7 Å². The minimum Gasteiger partial charge on any atom is -0.472 e. The van der Waals surface area contributed by atoms with E-state index in [1.165, 1.54) is 18.2 Å². The van der Waals surface area contributed by atoms with E-state index in [2.05, 4.69) is 9.17 Å². The fourth-order valence-corrected chi connectivity index (χ4v) is 2.37. The first-order chi connectivity index (χ1) is 12.2. The average molecular weight is 411 g/mol. The van der Waals surface area contributed by atoms with Crippen molar-refractivity contribution in [3.63, 3.8) is 0 Å². The Morgan fingerprint density at radius 1 is 0.926 bits per heavy atom. The van der Waals surface area contributed by atoms with Crippen LogP contribution in [0.5, 0.6) is 11.6 Å². The zero-order valence-electron chi connectivity index (χ0n) is 14.4. The standard InChI is InChI=1S/C17H15F6NO2S/c1-15(2,3)25-14-9-10(26-27-17(21,22)23)8-13(24-14)11-6-4-5-7-12(11)16(18,19)20/h4-9H,1-3H3. The van der Waals surface area contributed by atoms with Crippen LogP contribution in [-0.4, -0.2) is 16.1 Å².